The molecular formula is C12H13Cl2NO2. The van der Waals surface area contributed by atoms with Crippen molar-refractivity contribution < 1.29 is 9.53 Å². The summed E-state index contributed by atoms with van der Waals surface area (Å²) in [6, 6.07) is 4.97. The molecule has 0 spiro atoms. The first-order valence-electron chi connectivity index (χ1n) is 5.45. The van der Waals surface area contributed by atoms with Crippen LogP contribution in [0.25, 0.3) is 0 Å². The number of benzene rings is 1. The van der Waals surface area contributed by atoms with Crippen LogP contribution in [0.2, 0.25) is 10.0 Å². The number of hydrogen-bond acceptors (Lipinski definition) is 3. The van der Waals surface area contributed by atoms with Gasteiger partial charge in [-0.1, -0.05) is 23.2 Å². The molecule has 1 saturated heterocycles. The Morgan fingerprint density at radius 2 is 1.94 bits per heavy atom. The fourth-order valence-corrected chi connectivity index (χ4v) is 2.02. The number of ketones is 1. The maximum atomic E-state index is 12.0. The molecule has 0 bridgehead atoms. The van der Waals surface area contributed by atoms with Gasteiger partial charge in [-0.15, -0.1) is 0 Å². The molecule has 1 fully saturated rings. The Bertz CT molecular complexity index is 417. The van der Waals surface area contributed by atoms with E-state index < -0.39 is 0 Å². The Morgan fingerprint density at radius 3 is 2.59 bits per heavy atom. The van der Waals surface area contributed by atoms with Gasteiger partial charge in [-0.2, -0.15) is 0 Å². The van der Waals surface area contributed by atoms with E-state index in [4.69, 9.17) is 27.9 Å². The summed E-state index contributed by atoms with van der Waals surface area (Å²) in [7, 11) is 0. The van der Waals surface area contributed by atoms with E-state index in [9.17, 15) is 4.79 Å². The summed E-state index contributed by atoms with van der Waals surface area (Å²) in [5, 5.41) is 0.883. The molecule has 2 rings (SSSR count). The number of morpholine rings is 1. The smallest absolute Gasteiger partial charge is 0.176 e. The van der Waals surface area contributed by atoms with E-state index >= 15 is 0 Å². The molecule has 0 radical (unpaired) electrons. The Morgan fingerprint density at radius 1 is 1.24 bits per heavy atom. The lowest BCUT2D eigenvalue weighted by Gasteiger charge is -2.25. The first-order valence-corrected chi connectivity index (χ1v) is 6.21. The number of carbonyl (C=O) groups is 1. The zero-order valence-electron chi connectivity index (χ0n) is 9.29. The molecule has 0 aliphatic carbocycles. The molecule has 0 amide bonds. The highest BCUT2D eigenvalue weighted by Crippen LogP contribution is 2.22. The summed E-state index contributed by atoms with van der Waals surface area (Å²) < 4.78 is 5.23. The molecule has 1 aromatic rings. The molecule has 0 aromatic heterocycles. The van der Waals surface area contributed by atoms with Crippen LogP contribution < -0.4 is 0 Å². The maximum Gasteiger partial charge on any atom is 0.176 e. The van der Waals surface area contributed by atoms with E-state index in [2.05, 4.69) is 4.90 Å². The van der Waals surface area contributed by atoms with Crippen LogP contribution in [-0.4, -0.2) is 43.5 Å². The number of halogens is 2. The first-order chi connectivity index (χ1) is 8.16. The quantitative estimate of drug-likeness (QED) is 0.793. The highest BCUT2D eigenvalue weighted by Gasteiger charge is 2.15. The van der Waals surface area contributed by atoms with Crippen molar-refractivity contribution >= 4 is 29.0 Å². The topological polar surface area (TPSA) is 29.5 Å². The summed E-state index contributed by atoms with van der Waals surface area (Å²) in [6.07, 6.45) is 0. The molecule has 0 unspecified atom stereocenters. The van der Waals surface area contributed by atoms with E-state index in [1.807, 2.05) is 0 Å². The molecule has 5 heteroatoms. The number of ether oxygens (including phenoxy) is 1. The average molecular weight is 274 g/mol. The highest BCUT2D eigenvalue weighted by molar-refractivity contribution is 6.42. The maximum absolute atomic E-state index is 12.0. The van der Waals surface area contributed by atoms with Crippen LogP contribution in [-0.2, 0) is 4.74 Å². The van der Waals surface area contributed by atoms with Crippen LogP contribution >= 0.6 is 23.2 Å². The monoisotopic (exact) mass is 273 g/mol. The van der Waals surface area contributed by atoms with Gasteiger partial charge in [0.25, 0.3) is 0 Å². The lowest BCUT2D eigenvalue weighted by Crippen LogP contribution is -2.39. The molecule has 0 saturated carbocycles. The van der Waals surface area contributed by atoms with E-state index in [0.717, 1.165) is 13.1 Å². The summed E-state index contributed by atoms with van der Waals surface area (Å²) in [5.41, 5.74) is 0.603. The first kappa shape index (κ1) is 12.8. The van der Waals surface area contributed by atoms with Gasteiger partial charge in [-0.05, 0) is 18.2 Å². The van der Waals surface area contributed by atoms with Crippen molar-refractivity contribution in [3.8, 4) is 0 Å². The van der Waals surface area contributed by atoms with Gasteiger partial charge >= 0.3 is 0 Å². The van der Waals surface area contributed by atoms with Gasteiger partial charge in [0.05, 0.1) is 29.8 Å². The summed E-state index contributed by atoms with van der Waals surface area (Å²) in [4.78, 5) is 14.1. The van der Waals surface area contributed by atoms with E-state index in [0.29, 0.717) is 35.4 Å². The van der Waals surface area contributed by atoms with Gasteiger partial charge in [0, 0.05) is 18.7 Å². The Balaban J connectivity index is 2.01. The standard InChI is InChI=1S/C12H13Cl2NO2/c13-10-2-1-9(7-11(10)14)12(16)8-15-3-5-17-6-4-15/h1-2,7H,3-6,8H2. The van der Waals surface area contributed by atoms with Gasteiger partial charge in [-0.3, -0.25) is 9.69 Å². The second-order valence-electron chi connectivity index (χ2n) is 3.94. The van der Waals surface area contributed by atoms with Crippen LogP contribution in [0.3, 0.4) is 0 Å². The largest absolute Gasteiger partial charge is 0.379 e. The minimum absolute atomic E-state index is 0.0606. The molecule has 1 heterocycles. The van der Waals surface area contributed by atoms with Crippen molar-refractivity contribution in [3.05, 3.63) is 33.8 Å². The van der Waals surface area contributed by atoms with Gasteiger partial charge in [-0.25, -0.2) is 0 Å². The van der Waals surface area contributed by atoms with E-state index in [1.54, 1.807) is 18.2 Å². The van der Waals surface area contributed by atoms with E-state index in [1.165, 1.54) is 0 Å². The Labute approximate surface area is 110 Å². The molecule has 92 valence electrons. The van der Waals surface area contributed by atoms with Crippen molar-refractivity contribution in [2.24, 2.45) is 0 Å². The van der Waals surface area contributed by atoms with Gasteiger partial charge in [0.2, 0.25) is 0 Å². The number of hydrogen-bond donors (Lipinski definition) is 0. The SMILES string of the molecule is O=C(CN1CCOCC1)c1ccc(Cl)c(Cl)c1. The molecule has 17 heavy (non-hydrogen) atoms. The predicted octanol–water partition coefficient (Wildman–Crippen LogP) is 2.51. The zero-order chi connectivity index (χ0) is 12.3. The van der Waals surface area contributed by atoms with Crippen LogP contribution in [0.15, 0.2) is 18.2 Å². The molecule has 0 N–H and O–H groups in total. The number of carbonyl (C=O) groups excluding carboxylic acids is 1. The average Bonchev–Trinajstić information content (AvgIpc) is 2.34. The van der Waals surface area contributed by atoms with Crippen LogP contribution in [0.4, 0.5) is 0 Å². The Hall–Kier alpha value is -0.610. The van der Waals surface area contributed by atoms with Crippen molar-refractivity contribution in [1.29, 1.82) is 0 Å². The molecule has 1 aromatic carbocycles. The Kier molecular flexibility index (Phi) is 4.40. The fraction of sp³-hybridized carbons (Fsp3) is 0.417. The number of nitrogens with zero attached hydrogens (tertiary/aromatic N) is 1. The predicted molar refractivity (Wildman–Crippen MR) is 68.1 cm³/mol. The number of rotatable bonds is 3. The van der Waals surface area contributed by atoms with Crippen LogP contribution in [0.1, 0.15) is 10.4 Å². The van der Waals surface area contributed by atoms with Crippen LogP contribution in [0.5, 0.6) is 0 Å². The fourth-order valence-electron chi connectivity index (χ4n) is 1.72. The minimum atomic E-state index is 0.0606. The lowest BCUT2D eigenvalue weighted by molar-refractivity contribution is 0.0371. The minimum Gasteiger partial charge on any atom is -0.379 e. The summed E-state index contributed by atoms with van der Waals surface area (Å²) in [6.45, 7) is 3.38. The molecular weight excluding hydrogens is 261 g/mol. The normalized spacial score (nSPS) is 17.1. The summed E-state index contributed by atoms with van der Waals surface area (Å²) in [5.74, 6) is 0.0606. The van der Waals surface area contributed by atoms with Crippen molar-refractivity contribution in [1.82, 2.24) is 4.90 Å². The van der Waals surface area contributed by atoms with Crippen molar-refractivity contribution in [3.63, 3.8) is 0 Å². The van der Waals surface area contributed by atoms with Gasteiger partial charge < -0.3 is 4.74 Å². The second-order valence-corrected chi connectivity index (χ2v) is 4.75. The molecule has 1 aliphatic rings. The zero-order valence-corrected chi connectivity index (χ0v) is 10.8. The van der Waals surface area contributed by atoms with E-state index in [-0.39, 0.29) is 5.78 Å². The lowest BCUT2D eigenvalue weighted by atomic mass is 10.1. The molecule has 0 atom stereocenters. The summed E-state index contributed by atoms with van der Waals surface area (Å²) >= 11 is 11.7. The third-order valence-corrected chi connectivity index (χ3v) is 3.45. The number of Topliss-reactive ketones (excluding diaryl/α,β-unsaturated/α-hetero) is 1. The molecule has 1 aliphatic heterocycles. The van der Waals surface area contributed by atoms with Gasteiger partial charge in [0.15, 0.2) is 5.78 Å². The van der Waals surface area contributed by atoms with Gasteiger partial charge in [0.1, 0.15) is 0 Å². The highest BCUT2D eigenvalue weighted by atomic mass is 35.5. The van der Waals surface area contributed by atoms with Crippen LogP contribution in [0, 0.1) is 0 Å². The van der Waals surface area contributed by atoms with Crippen molar-refractivity contribution in [2.75, 3.05) is 32.8 Å². The third kappa shape index (κ3) is 3.42. The second kappa shape index (κ2) is 5.83. The van der Waals surface area contributed by atoms with Crippen molar-refractivity contribution in [2.45, 2.75) is 0 Å². The third-order valence-electron chi connectivity index (χ3n) is 2.71. The molecule has 3 nitrogen and oxygen atoms in total.